The fraction of sp³-hybridized carbons (Fsp3) is 0.240. The molecule has 9 nitrogen and oxygen atoms in total. The molecule has 0 atom stereocenters. The van der Waals surface area contributed by atoms with Crippen LogP contribution in [0.4, 0.5) is 11.5 Å². The lowest BCUT2D eigenvalue weighted by Gasteiger charge is -2.35. The van der Waals surface area contributed by atoms with Gasteiger partial charge in [-0.3, -0.25) is 9.52 Å². The Balaban J connectivity index is 1.42. The molecule has 2 heterocycles. The lowest BCUT2D eigenvalue weighted by Crippen LogP contribution is -2.49. The molecule has 35 heavy (non-hydrogen) atoms. The summed E-state index contributed by atoms with van der Waals surface area (Å²) in [7, 11) is -3.83. The molecule has 0 radical (unpaired) electrons. The molecule has 1 fully saturated rings. The molecule has 1 aliphatic heterocycles. The number of carbonyl (C=O) groups is 1. The molecule has 10 heteroatoms. The van der Waals surface area contributed by atoms with Gasteiger partial charge in [-0.05, 0) is 61.5 Å². The first-order chi connectivity index (χ1) is 16.9. The standard InChI is InChI=1S/C25H25N5O4S/c1-2-34-22-8-10-23(11-9-22)35(32,33)28-21-7-3-5-19(17-21)25(31)30-15-13-29(14-16-30)24-20(18-26)6-4-12-27-24/h3-12,17,28H,2,13-16H2,1H3. The predicted molar refractivity (Wildman–Crippen MR) is 132 cm³/mol. The first kappa shape index (κ1) is 24.0. The minimum absolute atomic E-state index is 0.0973. The van der Waals surface area contributed by atoms with Crippen LogP contribution in [-0.2, 0) is 10.0 Å². The average Bonchev–Trinajstić information content (AvgIpc) is 2.89. The number of rotatable bonds is 7. The minimum Gasteiger partial charge on any atom is -0.494 e. The highest BCUT2D eigenvalue weighted by molar-refractivity contribution is 7.92. The molecule has 1 aromatic heterocycles. The van der Waals surface area contributed by atoms with Crippen molar-refractivity contribution in [1.82, 2.24) is 9.88 Å². The van der Waals surface area contributed by atoms with Crippen LogP contribution in [-0.4, -0.2) is 57.0 Å². The van der Waals surface area contributed by atoms with Crippen LogP contribution >= 0.6 is 0 Å². The van der Waals surface area contributed by atoms with Crippen molar-refractivity contribution < 1.29 is 17.9 Å². The van der Waals surface area contributed by atoms with Crippen molar-refractivity contribution in [1.29, 1.82) is 5.26 Å². The van der Waals surface area contributed by atoms with Crippen molar-refractivity contribution in [2.75, 3.05) is 42.4 Å². The van der Waals surface area contributed by atoms with Gasteiger partial charge in [-0.25, -0.2) is 13.4 Å². The second-order valence-electron chi connectivity index (χ2n) is 7.86. The van der Waals surface area contributed by atoms with Crippen LogP contribution in [0, 0.1) is 11.3 Å². The van der Waals surface area contributed by atoms with Crippen LogP contribution in [0.2, 0.25) is 0 Å². The van der Waals surface area contributed by atoms with Crippen LogP contribution < -0.4 is 14.4 Å². The Hall–Kier alpha value is -4.10. The average molecular weight is 492 g/mol. The van der Waals surface area contributed by atoms with Gasteiger partial charge in [-0.15, -0.1) is 0 Å². The van der Waals surface area contributed by atoms with Crippen molar-refractivity contribution in [2.24, 2.45) is 0 Å². The maximum absolute atomic E-state index is 13.1. The summed E-state index contributed by atoms with van der Waals surface area (Å²) in [6.45, 7) is 4.35. The van der Waals surface area contributed by atoms with Gasteiger partial charge < -0.3 is 14.5 Å². The molecule has 2 aromatic carbocycles. The van der Waals surface area contributed by atoms with Crippen molar-refractivity contribution in [2.45, 2.75) is 11.8 Å². The first-order valence-electron chi connectivity index (χ1n) is 11.2. The van der Waals surface area contributed by atoms with Crippen molar-refractivity contribution in [3.8, 4) is 11.8 Å². The van der Waals surface area contributed by atoms with Crippen LogP contribution in [0.1, 0.15) is 22.8 Å². The Morgan fingerprint density at radius 3 is 2.51 bits per heavy atom. The van der Waals surface area contributed by atoms with E-state index >= 15 is 0 Å². The first-order valence-corrected chi connectivity index (χ1v) is 12.6. The molecule has 1 aliphatic rings. The Morgan fingerprint density at radius 2 is 1.83 bits per heavy atom. The smallest absolute Gasteiger partial charge is 0.261 e. The molecule has 1 saturated heterocycles. The van der Waals surface area contributed by atoms with E-state index in [1.165, 1.54) is 18.2 Å². The fourth-order valence-corrected chi connectivity index (χ4v) is 4.90. The quantitative estimate of drug-likeness (QED) is 0.540. The number of pyridine rings is 1. The summed E-state index contributed by atoms with van der Waals surface area (Å²) in [4.78, 5) is 21.2. The number of nitriles is 1. The van der Waals surface area contributed by atoms with Gasteiger partial charge in [0, 0.05) is 43.6 Å². The van der Waals surface area contributed by atoms with E-state index in [2.05, 4.69) is 15.8 Å². The zero-order valence-corrected chi connectivity index (χ0v) is 20.0. The van der Waals surface area contributed by atoms with Crippen LogP contribution in [0.25, 0.3) is 0 Å². The van der Waals surface area contributed by atoms with E-state index in [0.717, 1.165) is 0 Å². The highest BCUT2D eigenvalue weighted by Crippen LogP contribution is 2.22. The highest BCUT2D eigenvalue weighted by Gasteiger charge is 2.24. The summed E-state index contributed by atoms with van der Waals surface area (Å²) >= 11 is 0. The summed E-state index contributed by atoms with van der Waals surface area (Å²) in [6.07, 6.45) is 1.65. The monoisotopic (exact) mass is 491 g/mol. The number of piperazine rings is 1. The molecule has 4 rings (SSSR count). The van der Waals surface area contributed by atoms with Gasteiger partial charge in [0.1, 0.15) is 17.6 Å². The molecular weight excluding hydrogens is 466 g/mol. The van der Waals surface area contributed by atoms with E-state index in [-0.39, 0.29) is 10.8 Å². The third kappa shape index (κ3) is 5.53. The van der Waals surface area contributed by atoms with Gasteiger partial charge in [0.25, 0.3) is 15.9 Å². The summed E-state index contributed by atoms with van der Waals surface area (Å²) in [5.74, 6) is 1.02. The number of amides is 1. The number of hydrogen-bond acceptors (Lipinski definition) is 7. The molecule has 3 aromatic rings. The van der Waals surface area contributed by atoms with E-state index in [4.69, 9.17) is 4.74 Å². The normalized spacial score (nSPS) is 13.7. The van der Waals surface area contributed by atoms with Crippen LogP contribution in [0.15, 0.2) is 71.8 Å². The number of carbonyl (C=O) groups excluding carboxylic acids is 1. The maximum Gasteiger partial charge on any atom is 0.261 e. The summed E-state index contributed by atoms with van der Waals surface area (Å²) in [5.41, 5.74) is 1.19. The number of aromatic nitrogens is 1. The Morgan fingerprint density at radius 1 is 1.09 bits per heavy atom. The Kier molecular flexibility index (Phi) is 7.17. The zero-order valence-electron chi connectivity index (χ0n) is 19.2. The van der Waals surface area contributed by atoms with Crippen LogP contribution in [0.5, 0.6) is 5.75 Å². The second-order valence-corrected chi connectivity index (χ2v) is 9.54. The molecule has 0 unspecified atom stereocenters. The van der Waals surface area contributed by atoms with E-state index in [1.807, 2.05) is 11.8 Å². The lowest BCUT2D eigenvalue weighted by molar-refractivity contribution is 0.0746. The number of nitrogens with zero attached hydrogens (tertiary/aromatic N) is 4. The molecule has 0 saturated carbocycles. The molecular formula is C25H25N5O4S. The lowest BCUT2D eigenvalue weighted by atomic mass is 10.1. The van der Waals surface area contributed by atoms with E-state index in [0.29, 0.717) is 61.2 Å². The molecule has 0 spiro atoms. The highest BCUT2D eigenvalue weighted by atomic mass is 32.2. The van der Waals surface area contributed by atoms with E-state index < -0.39 is 10.0 Å². The summed E-state index contributed by atoms with van der Waals surface area (Å²) in [6, 6.07) is 18.2. The summed E-state index contributed by atoms with van der Waals surface area (Å²) < 4.78 is 33.5. The predicted octanol–water partition coefficient (Wildman–Crippen LogP) is 3.12. The number of hydrogen-bond donors (Lipinski definition) is 1. The Labute approximate surface area is 204 Å². The fourth-order valence-electron chi connectivity index (χ4n) is 3.85. The van der Waals surface area contributed by atoms with Crippen molar-refractivity contribution in [3.63, 3.8) is 0 Å². The number of anilines is 2. The topological polar surface area (TPSA) is 116 Å². The van der Waals surface area contributed by atoms with Gasteiger partial charge in [-0.1, -0.05) is 6.07 Å². The molecule has 1 N–H and O–H groups in total. The van der Waals surface area contributed by atoms with Gasteiger partial charge >= 0.3 is 0 Å². The third-order valence-corrected chi connectivity index (χ3v) is 6.98. The van der Waals surface area contributed by atoms with Crippen LogP contribution in [0.3, 0.4) is 0 Å². The Bertz CT molecular complexity index is 1340. The van der Waals surface area contributed by atoms with Gasteiger partial charge in [-0.2, -0.15) is 5.26 Å². The van der Waals surface area contributed by atoms with Gasteiger partial charge in [0.2, 0.25) is 0 Å². The SMILES string of the molecule is CCOc1ccc(S(=O)(=O)Nc2cccc(C(=O)N3CCN(c4ncccc4C#N)CC3)c2)cc1. The zero-order chi connectivity index (χ0) is 24.8. The van der Waals surface area contributed by atoms with E-state index in [1.54, 1.807) is 53.6 Å². The number of nitrogens with one attached hydrogen (secondary N) is 1. The van der Waals surface area contributed by atoms with Gasteiger partial charge in [0.05, 0.1) is 17.1 Å². The molecule has 0 aliphatic carbocycles. The maximum atomic E-state index is 13.1. The van der Waals surface area contributed by atoms with Crippen molar-refractivity contribution in [3.05, 3.63) is 78.0 Å². The number of benzene rings is 2. The molecule has 0 bridgehead atoms. The number of ether oxygens (including phenoxy) is 1. The van der Waals surface area contributed by atoms with E-state index in [9.17, 15) is 18.5 Å². The molecule has 180 valence electrons. The molecule has 1 amide bonds. The number of sulfonamides is 1. The minimum atomic E-state index is -3.83. The van der Waals surface area contributed by atoms with Gasteiger partial charge in [0.15, 0.2) is 0 Å². The van der Waals surface area contributed by atoms with Crippen molar-refractivity contribution >= 4 is 27.4 Å². The summed E-state index contributed by atoms with van der Waals surface area (Å²) in [5, 5.41) is 9.32. The third-order valence-electron chi connectivity index (χ3n) is 5.58. The largest absolute Gasteiger partial charge is 0.494 e. The second kappa shape index (κ2) is 10.4.